The number of halogens is 1. The zero-order valence-corrected chi connectivity index (χ0v) is 10.8. The summed E-state index contributed by atoms with van der Waals surface area (Å²) in [4.78, 5) is 11.7. The first-order valence-corrected chi connectivity index (χ1v) is 6.50. The van der Waals surface area contributed by atoms with Crippen molar-refractivity contribution in [2.45, 2.75) is 25.0 Å². The topological polar surface area (TPSA) is 61.4 Å². The number of aliphatic hydroxyl groups excluding tert-OH is 1. The molecular formula is C13H17ClN2O2. The van der Waals surface area contributed by atoms with Crippen molar-refractivity contribution in [3.8, 4) is 0 Å². The first kappa shape index (κ1) is 13.3. The SMILES string of the molecule is O=C(NCC(O)c1ccccc1Cl)C1CCCN1. The molecule has 1 aliphatic heterocycles. The van der Waals surface area contributed by atoms with Gasteiger partial charge in [-0.3, -0.25) is 4.79 Å². The highest BCUT2D eigenvalue weighted by Gasteiger charge is 2.22. The Morgan fingerprint density at radius 2 is 2.33 bits per heavy atom. The van der Waals surface area contributed by atoms with Gasteiger partial charge in [0.25, 0.3) is 0 Å². The molecule has 1 aromatic rings. The number of aliphatic hydroxyl groups is 1. The third-order valence-corrected chi connectivity index (χ3v) is 3.45. The van der Waals surface area contributed by atoms with Crippen molar-refractivity contribution in [2.24, 2.45) is 0 Å². The van der Waals surface area contributed by atoms with Gasteiger partial charge < -0.3 is 15.7 Å². The molecule has 0 bridgehead atoms. The fourth-order valence-corrected chi connectivity index (χ4v) is 2.35. The minimum Gasteiger partial charge on any atom is -0.387 e. The van der Waals surface area contributed by atoms with E-state index in [0.29, 0.717) is 10.6 Å². The quantitative estimate of drug-likeness (QED) is 0.770. The Morgan fingerprint density at radius 1 is 1.56 bits per heavy atom. The normalized spacial score (nSPS) is 20.7. The molecule has 98 valence electrons. The Bertz CT molecular complexity index is 419. The molecule has 3 N–H and O–H groups in total. The highest BCUT2D eigenvalue weighted by molar-refractivity contribution is 6.31. The number of hydrogen-bond donors (Lipinski definition) is 3. The van der Waals surface area contributed by atoms with Crippen molar-refractivity contribution >= 4 is 17.5 Å². The van der Waals surface area contributed by atoms with Crippen molar-refractivity contribution in [3.05, 3.63) is 34.9 Å². The minimum absolute atomic E-state index is 0.0568. The number of carbonyl (C=O) groups excluding carboxylic acids is 1. The average molecular weight is 269 g/mol. The van der Waals surface area contributed by atoms with Crippen LogP contribution in [0, 0.1) is 0 Å². The first-order chi connectivity index (χ1) is 8.68. The van der Waals surface area contributed by atoms with Gasteiger partial charge in [-0.25, -0.2) is 0 Å². The monoisotopic (exact) mass is 268 g/mol. The predicted octanol–water partition coefficient (Wildman–Crippen LogP) is 1.24. The van der Waals surface area contributed by atoms with Gasteiger partial charge in [0.05, 0.1) is 12.1 Å². The van der Waals surface area contributed by atoms with E-state index in [9.17, 15) is 9.90 Å². The van der Waals surface area contributed by atoms with E-state index < -0.39 is 6.10 Å². The Balaban J connectivity index is 1.86. The second-order valence-corrected chi connectivity index (χ2v) is 4.84. The molecule has 0 spiro atoms. The van der Waals surface area contributed by atoms with Crippen LogP contribution in [-0.4, -0.2) is 30.1 Å². The molecule has 0 radical (unpaired) electrons. The Labute approximate surface area is 111 Å². The van der Waals surface area contributed by atoms with E-state index in [1.807, 2.05) is 6.07 Å². The molecule has 2 atom stereocenters. The van der Waals surface area contributed by atoms with E-state index in [4.69, 9.17) is 11.6 Å². The van der Waals surface area contributed by atoms with Crippen LogP contribution in [0.3, 0.4) is 0 Å². The highest BCUT2D eigenvalue weighted by atomic mass is 35.5. The molecule has 1 saturated heterocycles. The molecule has 1 heterocycles. The fourth-order valence-electron chi connectivity index (χ4n) is 2.08. The van der Waals surface area contributed by atoms with E-state index in [-0.39, 0.29) is 18.5 Å². The van der Waals surface area contributed by atoms with Gasteiger partial charge in [-0.2, -0.15) is 0 Å². The standard InChI is InChI=1S/C13H17ClN2O2/c14-10-5-2-1-4-9(10)12(17)8-16-13(18)11-6-3-7-15-11/h1-2,4-5,11-12,15,17H,3,6-8H2,(H,16,18). The summed E-state index contributed by atoms with van der Waals surface area (Å²) in [6.07, 6.45) is 1.10. The second kappa shape index (κ2) is 6.18. The van der Waals surface area contributed by atoms with Crippen LogP contribution in [0.1, 0.15) is 24.5 Å². The maximum atomic E-state index is 11.7. The summed E-state index contributed by atoms with van der Waals surface area (Å²) in [5.74, 6) is -0.0568. The van der Waals surface area contributed by atoms with Crippen LogP contribution in [0.2, 0.25) is 5.02 Å². The summed E-state index contributed by atoms with van der Waals surface area (Å²) in [6, 6.07) is 6.97. The van der Waals surface area contributed by atoms with Gasteiger partial charge >= 0.3 is 0 Å². The van der Waals surface area contributed by atoms with Gasteiger partial charge in [0.1, 0.15) is 0 Å². The van der Waals surface area contributed by atoms with E-state index in [1.165, 1.54) is 0 Å². The number of rotatable bonds is 4. The van der Waals surface area contributed by atoms with Gasteiger partial charge in [-0.05, 0) is 25.5 Å². The number of nitrogens with one attached hydrogen (secondary N) is 2. The van der Waals surface area contributed by atoms with Crippen molar-refractivity contribution in [2.75, 3.05) is 13.1 Å². The van der Waals surface area contributed by atoms with Crippen LogP contribution in [-0.2, 0) is 4.79 Å². The van der Waals surface area contributed by atoms with Crippen LogP contribution < -0.4 is 10.6 Å². The molecule has 18 heavy (non-hydrogen) atoms. The molecule has 1 aromatic carbocycles. The maximum Gasteiger partial charge on any atom is 0.237 e. The zero-order valence-electron chi connectivity index (χ0n) is 10.0. The molecule has 1 amide bonds. The van der Waals surface area contributed by atoms with Crippen molar-refractivity contribution in [1.29, 1.82) is 0 Å². The molecule has 0 aliphatic carbocycles. The third-order valence-electron chi connectivity index (χ3n) is 3.11. The molecule has 1 aliphatic rings. The molecule has 1 fully saturated rings. The van der Waals surface area contributed by atoms with E-state index in [2.05, 4.69) is 10.6 Å². The number of benzene rings is 1. The highest BCUT2D eigenvalue weighted by Crippen LogP contribution is 2.21. The van der Waals surface area contributed by atoms with Crippen molar-refractivity contribution in [3.63, 3.8) is 0 Å². The lowest BCUT2D eigenvalue weighted by atomic mass is 10.1. The summed E-state index contributed by atoms with van der Waals surface area (Å²) < 4.78 is 0. The zero-order chi connectivity index (χ0) is 13.0. The molecule has 2 unspecified atom stereocenters. The second-order valence-electron chi connectivity index (χ2n) is 4.43. The molecule has 2 rings (SSSR count). The maximum absolute atomic E-state index is 11.7. The lowest BCUT2D eigenvalue weighted by Crippen LogP contribution is -2.41. The van der Waals surface area contributed by atoms with E-state index >= 15 is 0 Å². The van der Waals surface area contributed by atoms with Crippen molar-refractivity contribution < 1.29 is 9.90 Å². The number of amides is 1. The van der Waals surface area contributed by atoms with E-state index in [0.717, 1.165) is 19.4 Å². The van der Waals surface area contributed by atoms with Gasteiger partial charge in [-0.1, -0.05) is 29.8 Å². The van der Waals surface area contributed by atoms with Gasteiger partial charge in [0.2, 0.25) is 5.91 Å². The lowest BCUT2D eigenvalue weighted by molar-refractivity contribution is -0.123. The van der Waals surface area contributed by atoms with Gasteiger partial charge in [-0.15, -0.1) is 0 Å². The van der Waals surface area contributed by atoms with Crippen LogP contribution in [0.5, 0.6) is 0 Å². The summed E-state index contributed by atoms with van der Waals surface area (Å²) >= 11 is 5.98. The number of hydrogen-bond acceptors (Lipinski definition) is 3. The van der Waals surface area contributed by atoms with Crippen molar-refractivity contribution in [1.82, 2.24) is 10.6 Å². The van der Waals surface area contributed by atoms with Crippen LogP contribution >= 0.6 is 11.6 Å². The molecule has 4 nitrogen and oxygen atoms in total. The fraction of sp³-hybridized carbons (Fsp3) is 0.462. The van der Waals surface area contributed by atoms with E-state index in [1.54, 1.807) is 18.2 Å². The Morgan fingerprint density at radius 3 is 3.00 bits per heavy atom. The molecule has 0 aromatic heterocycles. The summed E-state index contributed by atoms with van der Waals surface area (Å²) in [5.41, 5.74) is 0.638. The van der Waals surface area contributed by atoms with Crippen LogP contribution in [0.25, 0.3) is 0 Å². The molecular weight excluding hydrogens is 252 g/mol. The molecule has 5 heteroatoms. The predicted molar refractivity (Wildman–Crippen MR) is 70.4 cm³/mol. The average Bonchev–Trinajstić information content (AvgIpc) is 2.90. The first-order valence-electron chi connectivity index (χ1n) is 6.12. The summed E-state index contributed by atoms with van der Waals surface area (Å²) in [7, 11) is 0. The lowest BCUT2D eigenvalue weighted by Gasteiger charge is -2.16. The Hall–Kier alpha value is -1.10. The minimum atomic E-state index is -0.774. The summed E-state index contributed by atoms with van der Waals surface area (Å²) in [5, 5.41) is 16.3. The van der Waals surface area contributed by atoms with Crippen LogP contribution in [0.4, 0.5) is 0 Å². The molecule has 0 saturated carbocycles. The Kier molecular flexibility index (Phi) is 4.58. The van der Waals surface area contributed by atoms with Crippen LogP contribution in [0.15, 0.2) is 24.3 Å². The summed E-state index contributed by atoms with van der Waals surface area (Å²) in [6.45, 7) is 1.06. The van der Waals surface area contributed by atoms with Gasteiger partial charge in [0.15, 0.2) is 0 Å². The smallest absolute Gasteiger partial charge is 0.237 e. The van der Waals surface area contributed by atoms with Gasteiger partial charge in [0, 0.05) is 17.1 Å². The third kappa shape index (κ3) is 3.22. The number of carbonyl (C=O) groups is 1. The largest absolute Gasteiger partial charge is 0.387 e.